The summed E-state index contributed by atoms with van der Waals surface area (Å²) in [4.78, 5) is 46.7. The predicted octanol–water partition coefficient (Wildman–Crippen LogP) is 3.53. The normalized spacial score (nSPS) is 18.1. The van der Waals surface area contributed by atoms with Crippen molar-refractivity contribution in [1.82, 2.24) is 14.8 Å². The Balaban J connectivity index is 1.31. The van der Waals surface area contributed by atoms with Crippen molar-refractivity contribution in [2.45, 2.75) is 37.0 Å². The lowest BCUT2D eigenvalue weighted by Crippen LogP contribution is -2.47. The molecule has 2 aliphatic heterocycles. The van der Waals surface area contributed by atoms with Crippen LogP contribution in [0.3, 0.4) is 0 Å². The van der Waals surface area contributed by atoms with E-state index in [0.717, 1.165) is 37.2 Å². The van der Waals surface area contributed by atoms with Gasteiger partial charge in [0.25, 0.3) is 15.9 Å². The molecule has 0 saturated carbocycles. The van der Waals surface area contributed by atoms with Gasteiger partial charge in [-0.2, -0.15) is 0 Å². The summed E-state index contributed by atoms with van der Waals surface area (Å²) >= 11 is 0. The number of fused-ring (bicyclic) bond motifs is 2. The zero-order chi connectivity index (χ0) is 29.4. The molecule has 10 nitrogen and oxygen atoms in total. The molecule has 3 aromatic rings. The van der Waals surface area contributed by atoms with Crippen LogP contribution >= 0.6 is 0 Å². The zero-order valence-electron chi connectivity index (χ0n) is 23.4. The van der Waals surface area contributed by atoms with Crippen molar-refractivity contribution in [1.29, 1.82) is 0 Å². The fraction of sp³-hybridized carbons (Fsp3) is 0.323. The van der Waals surface area contributed by atoms with E-state index in [1.54, 1.807) is 42.5 Å². The van der Waals surface area contributed by atoms with Crippen LogP contribution in [0, 0.1) is 0 Å². The first-order chi connectivity index (χ1) is 20.2. The van der Waals surface area contributed by atoms with E-state index in [1.165, 1.54) is 12.1 Å². The van der Waals surface area contributed by atoms with E-state index in [1.807, 2.05) is 11.9 Å². The van der Waals surface area contributed by atoms with Gasteiger partial charge in [-0.3, -0.25) is 19.1 Å². The summed E-state index contributed by atoms with van der Waals surface area (Å²) in [6.07, 6.45) is 4.29. The highest BCUT2D eigenvalue weighted by molar-refractivity contribution is 7.92. The maximum atomic E-state index is 13.1. The van der Waals surface area contributed by atoms with E-state index < -0.39 is 10.0 Å². The van der Waals surface area contributed by atoms with Crippen LogP contribution in [0.5, 0.6) is 0 Å². The van der Waals surface area contributed by atoms with Crippen LogP contribution in [-0.4, -0.2) is 74.0 Å². The van der Waals surface area contributed by atoms with Crippen molar-refractivity contribution >= 4 is 50.6 Å². The van der Waals surface area contributed by atoms with Gasteiger partial charge in [0.2, 0.25) is 5.91 Å². The molecule has 0 radical (unpaired) electrons. The molecule has 42 heavy (non-hydrogen) atoms. The molecule has 1 fully saturated rings. The SMILES string of the molecule is CN1CCN(C(=O)CCc2c(C=C3C(=O)Nc4ccc(NS(=O)(=O)c5ccccc5)cc43)[nH]c3c2C(=O)CCC3)CC1. The number of sulfonamides is 1. The van der Waals surface area contributed by atoms with Gasteiger partial charge in [0, 0.05) is 72.9 Å². The van der Waals surface area contributed by atoms with Crippen LogP contribution in [0.4, 0.5) is 11.4 Å². The number of amides is 2. The van der Waals surface area contributed by atoms with Crippen LogP contribution < -0.4 is 10.0 Å². The summed E-state index contributed by atoms with van der Waals surface area (Å²) < 4.78 is 28.4. The van der Waals surface area contributed by atoms with E-state index in [9.17, 15) is 22.8 Å². The summed E-state index contributed by atoms with van der Waals surface area (Å²) in [5, 5.41) is 2.85. The number of aryl methyl sites for hydroxylation is 1. The van der Waals surface area contributed by atoms with Crippen LogP contribution in [0.15, 0.2) is 53.4 Å². The number of likely N-dealkylation sites (N-methyl/N-ethyl adjacent to an activating group) is 1. The highest BCUT2D eigenvalue weighted by atomic mass is 32.2. The maximum Gasteiger partial charge on any atom is 0.261 e. The molecule has 2 amide bonds. The number of aromatic amines is 1. The minimum atomic E-state index is -3.82. The van der Waals surface area contributed by atoms with E-state index in [0.29, 0.717) is 59.7 Å². The number of rotatable bonds is 7. The Morgan fingerprint density at radius 1 is 1.02 bits per heavy atom. The number of anilines is 2. The molecular weight excluding hydrogens is 554 g/mol. The minimum absolute atomic E-state index is 0.0491. The van der Waals surface area contributed by atoms with E-state index in [-0.39, 0.29) is 28.9 Å². The molecule has 3 heterocycles. The first-order valence-electron chi connectivity index (χ1n) is 14.2. The molecule has 11 heteroatoms. The quantitative estimate of drug-likeness (QED) is 0.363. The predicted molar refractivity (Wildman–Crippen MR) is 161 cm³/mol. The van der Waals surface area contributed by atoms with Crippen LogP contribution in [-0.2, 0) is 32.5 Å². The second-order valence-electron chi connectivity index (χ2n) is 11.0. The van der Waals surface area contributed by atoms with Crippen molar-refractivity contribution in [2.75, 3.05) is 43.3 Å². The van der Waals surface area contributed by atoms with Gasteiger partial charge in [0.05, 0.1) is 10.5 Å². The Kier molecular flexibility index (Phi) is 7.46. The highest BCUT2D eigenvalue weighted by Crippen LogP contribution is 2.37. The molecule has 2 aromatic carbocycles. The maximum absolute atomic E-state index is 13.1. The van der Waals surface area contributed by atoms with Crippen molar-refractivity contribution in [2.24, 2.45) is 0 Å². The minimum Gasteiger partial charge on any atom is -0.358 e. The lowest BCUT2D eigenvalue weighted by Gasteiger charge is -2.32. The number of piperazine rings is 1. The third kappa shape index (κ3) is 5.49. The van der Waals surface area contributed by atoms with Crippen molar-refractivity contribution in [3.05, 3.63) is 76.6 Å². The lowest BCUT2D eigenvalue weighted by molar-refractivity contribution is -0.132. The van der Waals surface area contributed by atoms with Gasteiger partial charge in [-0.25, -0.2) is 8.42 Å². The molecule has 218 valence electrons. The zero-order valence-corrected chi connectivity index (χ0v) is 24.2. The number of carbonyl (C=O) groups excluding carboxylic acids is 3. The van der Waals surface area contributed by atoms with Crippen LogP contribution in [0.1, 0.15) is 52.1 Å². The summed E-state index contributed by atoms with van der Waals surface area (Å²) in [5.74, 6) is -0.223. The second-order valence-corrected chi connectivity index (χ2v) is 12.7. The van der Waals surface area contributed by atoms with Gasteiger partial charge < -0.3 is 20.1 Å². The number of nitrogens with one attached hydrogen (secondary N) is 3. The molecule has 0 spiro atoms. The number of hydrogen-bond donors (Lipinski definition) is 3. The van der Waals surface area contributed by atoms with Gasteiger partial charge in [0.15, 0.2) is 5.78 Å². The lowest BCUT2D eigenvalue weighted by atomic mass is 9.91. The smallest absolute Gasteiger partial charge is 0.261 e. The van der Waals surface area contributed by atoms with E-state index >= 15 is 0 Å². The molecule has 6 rings (SSSR count). The van der Waals surface area contributed by atoms with Crippen LogP contribution in [0.2, 0.25) is 0 Å². The van der Waals surface area contributed by atoms with Crippen LogP contribution in [0.25, 0.3) is 11.6 Å². The van der Waals surface area contributed by atoms with Gasteiger partial charge in [-0.15, -0.1) is 0 Å². The summed E-state index contributed by atoms with van der Waals surface area (Å²) in [5.41, 5.74) is 4.65. The standard InChI is InChI=1S/C31H33N5O5S/c1-35-14-16-36(17-15-35)29(38)13-11-22-27(32-26-8-5-9-28(37)30(22)26)19-24-23-18-20(10-12-25(23)33-31(24)39)34-42(40,41)21-6-3-2-4-7-21/h2-4,6-7,10,12,18-19,32,34H,5,8-9,11,13-17H2,1H3,(H,33,39). The number of nitrogens with zero attached hydrogens (tertiary/aromatic N) is 2. The number of carbonyl (C=O) groups is 3. The second kappa shape index (κ2) is 11.2. The average molecular weight is 588 g/mol. The molecule has 1 aliphatic carbocycles. The molecular formula is C31H33N5O5S. The Bertz CT molecular complexity index is 1700. The first kappa shape index (κ1) is 27.9. The molecule has 1 saturated heterocycles. The Labute approximate surface area is 244 Å². The monoisotopic (exact) mass is 587 g/mol. The molecule has 0 bridgehead atoms. The Hall–Kier alpha value is -4.22. The molecule has 3 N–H and O–H groups in total. The number of ketones is 1. The Morgan fingerprint density at radius 3 is 2.55 bits per heavy atom. The van der Waals surface area contributed by atoms with Gasteiger partial charge in [-0.1, -0.05) is 18.2 Å². The molecule has 0 unspecified atom stereocenters. The number of H-pyrrole nitrogens is 1. The fourth-order valence-electron chi connectivity index (χ4n) is 5.87. The topological polar surface area (TPSA) is 132 Å². The summed E-state index contributed by atoms with van der Waals surface area (Å²) in [6, 6.07) is 13.0. The highest BCUT2D eigenvalue weighted by Gasteiger charge is 2.30. The van der Waals surface area contributed by atoms with Gasteiger partial charge in [0.1, 0.15) is 0 Å². The largest absolute Gasteiger partial charge is 0.358 e. The third-order valence-electron chi connectivity index (χ3n) is 8.17. The average Bonchev–Trinajstić information content (AvgIpc) is 3.49. The third-order valence-corrected chi connectivity index (χ3v) is 9.56. The van der Waals surface area contributed by atoms with Crippen molar-refractivity contribution in [3.63, 3.8) is 0 Å². The number of benzene rings is 2. The van der Waals surface area contributed by atoms with E-state index in [4.69, 9.17) is 0 Å². The fourth-order valence-corrected chi connectivity index (χ4v) is 6.94. The first-order valence-corrected chi connectivity index (χ1v) is 15.7. The van der Waals surface area contributed by atoms with Gasteiger partial charge in [-0.05, 0) is 68.3 Å². The summed E-state index contributed by atoms with van der Waals surface area (Å²) in [6.45, 7) is 3.03. The number of aromatic nitrogens is 1. The van der Waals surface area contributed by atoms with E-state index in [2.05, 4.69) is 19.9 Å². The molecule has 0 atom stereocenters. The van der Waals surface area contributed by atoms with Crippen molar-refractivity contribution in [3.8, 4) is 0 Å². The molecule has 3 aliphatic rings. The number of Topliss-reactive ketones (excluding diaryl/α,β-unsaturated/α-hetero) is 1. The van der Waals surface area contributed by atoms with Gasteiger partial charge >= 0.3 is 0 Å². The molecule has 1 aromatic heterocycles. The Morgan fingerprint density at radius 2 is 1.79 bits per heavy atom. The van der Waals surface area contributed by atoms with Crippen molar-refractivity contribution < 1.29 is 22.8 Å². The summed E-state index contributed by atoms with van der Waals surface area (Å²) in [7, 11) is -1.78. The number of hydrogen-bond acceptors (Lipinski definition) is 6.